The zero-order valence-corrected chi connectivity index (χ0v) is 15.1. The van der Waals surface area contributed by atoms with Gasteiger partial charge in [-0.25, -0.2) is 9.67 Å². The van der Waals surface area contributed by atoms with Crippen molar-refractivity contribution in [1.29, 1.82) is 0 Å². The van der Waals surface area contributed by atoms with Crippen LogP contribution in [0.3, 0.4) is 0 Å². The molecule has 0 aliphatic carbocycles. The van der Waals surface area contributed by atoms with Gasteiger partial charge in [0.15, 0.2) is 0 Å². The number of pyridine rings is 1. The molecule has 0 spiro atoms. The summed E-state index contributed by atoms with van der Waals surface area (Å²) in [5.74, 6) is 0.115. The van der Waals surface area contributed by atoms with Crippen molar-refractivity contribution >= 4 is 28.7 Å². The van der Waals surface area contributed by atoms with Gasteiger partial charge >= 0.3 is 0 Å². The van der Waals surface area contributed by atoms with Crippen molar-refractivity contribution in [2.75, 3.05) is 11.1 Å². The van der Waals surface area contributed by atoms with Gasteiger partial charge in [-0.1, -0.05) is 0 Å². The highest BCUT2D eigenvalue weighted by Gasteiger charge is 2.20. The minimum absolute atomic E-state index is 0.0199. The van der Waals surface area contributed by atoms with Gasteiger partial charge in [-0.2, -0.15) is 10.1 Å². The van der Waals surface area contributed by atoms with E-state index in [4.69, 9.17) is 5.73 Å². The second-order valence-corrected chi connectivity index (χ2v) is 6.22. The number of nitrogens with one attached hydrogen (secondary N) is 1. The van der Waals surface area contributed by atoms with E-state index in [0.717, 1.165) is 0 Å². The number of anilines is 2. The van der Waals surface area contributed by atoms with Crippen molar-refractivity contribution in [3.63, 3.8) is 0 Å². The van der Waals surface area contributed by atoms with E-state index >= 15 is 0 Å². The van der Waals surface area contributed by atoms with Crippen LogP contribution in [-0.2, 0) is 6.54 Å². The van der Waals surface area contributed by atoms with Crippen LogP contribution in [0.15, 0.2) is 23.1 Å². The third-order valence-electron chi connectivity index (χ3n) is 4.12. The number of amides is 1. The number of carbonyl (C=O) groups excluding carboxylic acids is 1. The zero-order chi connectivity index (χ0) is 19.0. The van der Waals surface area contributed by atoms with Gasteiger partial charge in [-0.05, 0) is 33.8 Å². The summed E-state index contributed by atoms with van der Waals surface area (Å²) >= 11 is 0. The predicted molar refractivity (Wildman–Crippen MR) is 99.2 cm³/mol. The molecule has 0 saturated heterocycles. The molecule has 0 aromatic carbocycles. The highest BCUT2D eigenvalue weighted by atomic mass is 16.2. The molecular weight excluding hydrogens is 334 g/mol. The van der Waals surface area contributed by atoms with Gasteiger partial charge < -0.3 is 11.1 Å². The first kappa shape index (κ1) is 17.6. The third kappa shape index (κ3) is 2.92. The molecule has 3 N–H and O–H groups in total. The lowest BCUT2D eigenvalue weighted by Gasteiger charge is -2.16. The second kappa shape index (κ2) is 6.58. The van der Waals surface area contributed by atoms with E-state index in [9.17, 15) is 9.59 Å². The molecule has 0 aliphatic heterocycles. The Morgan fingerprint density at radius 3 is 2.73 bits per heavy atom. The Morgan fingerprint density at radius 1 is 1.35 bits per heavy atom. The van der Waals surface area contributed by atoms with Crippen LogP contribution in [0.4, 0.5) is 11.8 Å². The molecule has 3 aromatic heterocycles. The number of carbonyl (C=O) groups is 1. The number of aryl methyl sites for hydroxylation is 2. The first-order chi connectivity index (χ1) is 12.3. The summed E-state index contributed by atoms with van der Waals surface area (Å²) in [4.78, 5) is 34.1. The fourth-order valence-electron chi connectivity index (χ4n) is 2.89. The number of hydrogen-bond acceptors (Lipinski definition) is 6. The quantitative estimate of drug-likeness (QED) is 0.735. The maximum Gasteiger partial charge on any atom is 0.265 e. The van der Waals surface area contributed by atoms with E-state index in [1.165, 1.54) is 10.6 Å². The molecule has 1 amide bonds. The number of nitrogen functional groups attached to an aromatic ring is 1. The van der Waals surface area contributed by atoms with Gasteiger partial charge in [-0.15, -0.1) is 0 Å². The summed E-state index contributed by atoms with van der Waals surface area (Å²) in [6.45, 7) is 7.98. The maximum atomic E-state index is 12.9. The number of nitrogens with two attached hydrogens (primary N) is 1. The minimum Gasteiger partial charge on any atom is -0.368 e. The van der Waals surface area contributed by atoms with Gasteiger partial charge in [0.25, 0.3) is 11.5 Å². The lowest BCUT2D eigenvalue weighted by molar-refractivity contribution is 0.102. The Balaban J connectivity index is 2.19. The molecule has 0 fully saturated rings. The molecule has 0 saturated carbocycles. The highest BCUT2D eigenvalue weighted by Crippen LogP contribution is 2.19. The summed E-state index contributed by atoms with van der Waals surface area (Å²) in [5, 5.41) is 7.46. The van der Waals surface area contributed by atoms with Crippen LogP contribution in [0, 0.1) is 6.92 Å². The predicted octanol–water partition coefficient (Wildman–Crippen LogP) is 1.73. The molecule has 0 atom stereocenters. The van der Waals surface area contributed by atoms with Gasteiger partial charge in [0.1, 0.15) is 17.0 Å². The second-order valence-electron chi connectivity index (χ2n) is 6.22. The molecule has 0 aliphatic rings. The Hall–Kier alpha value is -3.23. The molecule has 9 nitrogen and oxygen atoms in total. The molecule has 3 aromatic rings. The van der Waals surface area contributed by atoms with Crippen LogP contribution in [0.25, 0.3) is 11.0 Å². The molecular formula is C17H21N7O2. The van der Waals surface area contributed by atoms with Crippen LogP contribution in [-0.4, -0.2) is 30.2 Å². The average Bonchev–Trinajstić information content (AvgIpc) is 3.00. The van der Waals surface area contributed by atoms with Gasteiger partial charge in [0.05, 0.1) is 11.9 Å². The van der Waals surface area contributed by atoms with Crippen molar-refractivity contribution in [2.24, 2.45) is 0 Å². The number of hydrogen-bond donors (Lipinski definition) is 2. The van der Waals surface area contributed by atoms with Crippen molar-refractivity contribution in [3.05, 3.63) is 39.9 Å². The van der Waals surface area contributed by atoms with E-state index in [1.54, 1.807) is 23.9 Å². The summed E-state index contributed by atoms with van der Waals surface area (Å²) < 4.78 is 3.10. The van der Waals surface area contributed by atoms with Crippen LogP contribution in [0.5, 0.6) is 0 Å². The van der Waals surface area contributed by atoms with Crippen LogP contribution < -0.4 is 16.6 Å². The molecule has 136 valence electrons. The summed E-state index contributed by atoms with van der Waals surface area (Å²) in [7, 11) is 0. The van der Waals surface area contributed by atoms with E-state index in [1.807, 2.05) is 20.8 Å². The number of aromatic nitrogens is 5. The van der Waals surface area contributed by atoms with E-state index in [-0.39, 0.29) is 17.6 Å². The topological polar surface area (TPSA) is 121 Å². The zero-order valence-electron chi connectivity index (χ0n) is 15.1. The number of fused-ring (bicyclic) bond motifs is 1. The number of rotatable bonds is 4. The van der Waals surface area contributed by atoms with Crippen molar-refractivity contribution < 1.29 is 4.79 Å². The summed E-state index contributed by atoms with van der Waals surface area (Å²) in [6, 6.07) is 3.00. The van der Waals surface area contributed by atoms with Crippen molar-refractivity contribution in [2.45, 2.75) is 40.3 Å². The average molecular weight is 355 g/mol. The Morgan fingerprint density at radius 2 is 2.08 bits per heavy atom. The molecule has 3 rings (SSSR count). The Labute approximate surface area is 149 Å². The van der Waals surface area contributed by atoms with E-state index < -0.39 is 11.5 Å². The first-order valence-corrected chi connectivity index (χ1v) is 8.36. The third-order valence-corrected chi connectivity index (χ3v) is 4.12. The minimum atomic E-state index is -0.502. The Kier molecular flexibility index (Phi) is 4.45. The fourth-order valence-corrected chi connectivity index (χ4v) is 2.89. The van der Waals surface area contributed by atoms with E-state index in [2.05, 4.69) is 20.4 Å². The fraction of sp³-hybridized carbons (Fsp3) is 0.353. The van der Waals surface area contributed by atoms with Crippen LogP contribution in [0.2, 0.25) is 0 Å². The largest absolute Gasteiger partial charge is 0.368 e. The molecule has 0 radical (unpaired) electrons. The normalized spacial score (nSPS) is 11.3. The van der Waals surface area contributed by atoms with Gasteiger partial charge in [0.2, 0.25) is 5.95 Å². The lowest BCUT2D eigenvalue weighted by atomic mass is 10.1. The smallest absolute Gasteiger partial charge is 0.265 e. The SMILES string of the molecule is CCn1nccc1NC(=O)c1cc2c(C)nc(N)nc2n(C(C)C)c1=O. The lowest BCUT2D eigenvalue weighted by Crippen LogP contribution is -2.31. The molecule has 0 bridgehead atoms. The summed E-state index contributed by atoms with van der Waals surface area (Å²) in [6.07, 6.45) is 1.59. The van der Waals surface area contributed by atoms with Crippen LogP contribution >= 0.6 is 0 Å². The molecule has 3 heterocycles. The number of nitrogens with zero attached hydrogens (tertiary/aromatic N) is 5. The monoisotopic (exact) mass is 355 g/mol. The van der Waals surface area contributed by atoms with Gasteiger partial charge in [-0.3, -0.25) is 14.2 Å². The first-order valence-electron chi connectivity index (χ1n) is 8.36. The van der Waals surface area contributed by atoms with E-state index in [0.29, 0.717) is 29.1 Å². The molecule has 26 heavy (non-hydrogen) atoms. The highest BCUT2D eigenvalue weighted by molar-refractivity contribution is 6.05. The summed E-state index contributed by atoms with van der Waals surface area (Å²) in [5.41, 5.74) is 6.36. The maximum absolute atomic E-state index is 12.9. The van der Waals surface area contributed by atoms with Crippen molar-refractivity contribution in [3.8, 4) is 0 Å². The molecule has 9 heteroatoms. The standard InChI is InChI=1S/C17H21N7O2/c1-5-23-13(6-7-19-23)21-15(25)12-8-11-10(4)20-17(18)22-14(11)24(9(2)3)16(12)26/h6-9H,5H2,1-4H3,(H,21,25)(H2,18,20,22). The Bertz CT molecular complexity index is 1050. The van der Waals surface area contributed by atoms with Crippen molar-refractivity contribution in [1.82, 2.24) is 24.3 Å². The van der Waals surface area contributed by atoms with Crippen LogP contribution in [0.1, 0.15) is 42.9 Å². The molecule has 0 unspecified atom stereocenters. The van der Waals surface area contributed by atoms with Gasteiger partial charge in [0, 0.05) is 24.0 Å².